The van der Waals surface area contributed by atoms with Crippen molar-refractivity contribution in [2.75, 3.05) is 4.90 Å². The minimum absolute atomic E-state index is 0.0652. The van der Waals surface area contributed by atoms with E-state index in [0.29, 0.717) is 0 Å². The lowest BCUT2D eigenvalue weighted by Crippen LogP contribution is -2.16. The molecule has 0 radical (unpaired) electrons. The quantitative estimate of drug-likeness (QED) is 0.221. The van der Waals surface area contributed by atoms with Crippen molar-refractivity contribution < 1.29 is 0 Å². The molecule has 6 aromatic carbocycles. The largest absolute Gasteiger partial charge is 0.310 e. The third kappa shape index (κ3) is 3.38. The van der Waals surface area contributed by atoms with Crippen molar-refractivity contribution in [2.45, 2.75) is 19.3 Å². The van der Waals surface area contributed by atoms with Crippen LogP contribution in [0.2, 0.25) is 5.02 Å². The van der Waals surface area contributed by atoms with Crippen molar-refractivity contribution in [3.8, 4) is 11.1 Å². The van der Waals surface area contributed by atoms with E-state index in [-0.39, 0.29) is 5.41 Å². The number of hydrogen-bond acceptors (Lipinski definition) is 1. The van der Waals surface area contributed by atoms with Gasteiger partial charge in [-0.25, -0.2) is 0 Å². The minimum Gasteiger partial charge on any atom is -0.310 e. The molecule has 2 heteroatoms. The highest BCUT2D eigenvalue weighted by Crippen LogP contribution is 2.50. The molecule has 0 fully saturated rings. The fourth-order valence-corrected chi connectivity index (χ4v) is 6.39. The molecule has 0 atom stereocenters. The van der Waals surface area contributed by atoms with Crippen molar-refractivity contribution in [1.82, 2.24) is 0 Å². The Hall–Kier alpha value is -4.07. The van der Waals surface area contributed by atoms with Crippen LogP contribution in [0.1, 0.15) is 25.0 Å². The Balaban J connectivity index is 1.45. The van der Waals surface area contributed by atoms with Gasteiger partial charge in [-0.05, 0) is 74.8 Å². The molecule has 0 aromatic heterocycles. The summed E-state index contributed by atoms with van der Waals surface area (Å²) in [5, 5.41) is 5.38. The molecule has 6 aromatic rings. The van der Waals surface area contributed by atoms with Crippen LogP contribution in [-0.2, 0) is 5.41 Å². The normalized spacial score (nSPS) is 13.5. The van der Waals surface area contributed by atoms with Crippen molar-refractivity contribution in [1.29, 1.82) is 0 Å². The predicted molar refractivity (Wildman–Crippen MR) is 159 cm³/mol. The second-order valence-electron chi connectivity index (χ2n) is 10.4. The van der Waals surface area contributed by atoms with Crippen LogP contribution in [0.4, 0.5) is 17.1 Å². The molecule has 0 amide bonds. The van der Waals surface area contributed by atoms with Gasteiger partial charge in [0.05, 0.1) is 5.02 Å². The van der Waals surface area contributed by atoms with E-state index in [9.17, 15) is 0 Å². The molecule has 178 valence electrons. The maximum Gasteiger partial charge on any atom is 0.0511 e. The molecule has 1 nitrogen and oxygen atoms in total. The molecule has 0 saturated heterocycles. The molecule has 0 bridgehead atoms. The summed E-state index contributed by atoms with van der Waals surface area (Å²) in [5.41, 5.74) is 8.60. The first-order valence-electron chi connectivity index (χ1n) is 12.7. The number of anilines is 3. The van der Waals surface area contributed by atoms with Crippen LogP contribution in [0.5, 0.6) is 0 Å². The summed E-state index contributed by atoms with van der Waals surface area (Å²) in [6.45, 7) is 4.65. The standard InChI is InChI=1S/C35H26ClN/c1-35(2)31-15-9-8-14-29(31)30-19-18-26(21-32(30)35)37(25-11-4-3-5-12-25)27-20-24-17-16-23-10-6-7-13-28(23)34(24)33(36)22-27/h3-22H,1-2H3. The second kappa shape index (κ2) is 8.23. The zero-order chi connectivity index (χ0) is 25.1. The summed E-state index contributed by atoms with van der Waals surface area (Å²) in [7, 11) is 0. The maximum absolute atomic E-state index is 7.03. The summed E-state index contributed by atoms with van der Waals surface area (Å²) < 4.78 is 0. The zero-order valence-electron chi connectivity index (χ0n) is 20.9. The first kappa shape index (κ1) is 22.2. The van der Waals surface area contributed by atoms with E-state index in [4.69, 9.17) is 11.6 Å². The maximum atomic E-state index is 7.03. The first-order valence-corrected chi connectivity index (χ1v) is 13.1. The lowest BCUT2D eigenvalue weighted by Gasteiger charge is -2.28. The molecule has 0 spiro atoms. The van der Waals surface area contributed by atoms with Gasteiger partial charge in [0.15, 0.2) is 0 Å². The van der Waals surface area contributed by atoms with Gasteiger partial charge < -0.3 is 4.90 Å². The van der Waals surface area contributed by atoms with Gasteiger partial charge >= 0.3 is 0 Å². The van der Waals surface area contributed by atoms with Crippen LogP contribution >= 0.6 is 11.6 Å². The van der Waals surface area contributed by atoms with Gasteiger partial charge in [-0.1, -0.05) is 110 Å². The Kier molecular flexibility index (Phi) is 4.93. The molecule has 0 aliphatic heterocycles. The van der Waals surface area contributed by atoms with Crippen LogP contribution < -0.4 is 4.90 Å². The third-order valence-corrected chi connectivity index (χ3v) is 8.17. The Morgan fingerprint density at radius 2 is 1.24 bits per heavy atom. The lowest BCUT2D eigenvalue weighted by molar-refractivity contribution is 0.660. The van der Waals surface area contributed by atoms with E-state index in [0.717, 1.165) is 32.9 Å². The van der Waals surface area contributed by atoms with E-state index in [1.807, 2.05) is 0 Å². The average Bonchev–Trinajstić information content (AvgIpc) is 3.15. The Labute approximate surface area is 222 Å². The molecular formula is C35H26ClN. The number of benzene rings is 6. The van der Waals surface area contributed by atoms with E-state index in [1.54, 1.807) is 0 Å². The number of nitrogens with zero attached hydrogens (tertiary/aromatic N) is 1. The van der Waals surface area contributed by atoms with Crippen LogP contribution in [0.15, 0.2) is 121 Å². The summed E-state index contributed by atoms with van der Waals surface area (Å²) in [5.74, 6) is 0. The van der Waals surface area contributed by atoms with E-state index in [2.05, 4.69) is 140 Å². The Morgan fingerprint density at radius 1 is 0.541 bits per heavy atom. The number of halogens is 1. The second-order valence-corrected chi connectivity index (χ2v) is 10.8. The molecule has 0 heterocycles. The average molecular weight is 496 g/mol. The fourth-order valence-electron chi connectivity index (χ4n) is 6.06. The van der Waals surface area contributed by atoms with E-state index >= 15 is 0 Å². The number of hydrogen-bond donors (Lipinski definition) is 0. The summed E-state index contributed by atoms with van der Waals surface area (Å²) in [4.78, 5) is 2.32. The Bertz CT molecular complexity index is 1820. The van der Waals surface area contributed by atoms with Gasteiger partial charge in [-0.2, -0.15) is 0 Å². The monoisotopic (exact) mass is 495 g/mol. The van der Waals surface area contributed by atoms with Gasteiger partial charge in [0.2, 0.25) is 0 Å². The first-order chi connectivity index (χ1) is 18.0. The fraction of sp³-hybridized carbons (Fsp3) is 0.0857. The van der Waals surface area contributed by atoms with Gasteiger partial charge in [0.1, 0.15) is 0 Å². The van der Waals surface area contributed by atoms with Crippen LogP contribution in [-0.4, -0.2) is 0 Å². The molecule has 0 saturated carbocycles. The zero-order valence-corrected chi connectivity index (χ0v) is 21.6. The minimum atomic E-state index is -0.0652. The predicted octanol–water partition coefficient (Wildman–Crippen LogP) is 10.4. The molecule has 7 rings (SSSR count). The van der Waals surface area contributed by atoms with Gasteiger partial charge in [0.25, 0.3) is 0 Å². The van der Waals surface area contributed by atoms with Crippen molar-refractivity contribution in [2.24, 2.45) is 0 Å². The number of fused-ring (bicyclic) bond motifs is 6. The molecule has 37 heavy (non-hydrogen) atoms. The van der Waals surface area contributed by atoms with Crippen LogP contribution in [0.25, 0.3) is 32.7 Å². The highest BCUT2D eigenvalue weighted by Gasteiger charge is 2.35. The summed E-state index contributed by atoms with van der Waals surface area (Å²) >= 11 is 7.03. The number of para-hydroxylation sites is 1. The molecule has 0 N–H and O–H groups in total. The molecular weight excluding hydrogens is 470 g/mol. The highest BCUT2D eigenvalue weighted by molar-refractivity contribution is 6.38. The number of rotatable bonds is 3. The summed E-state index contributed by atoms with van der Waals surface area (Å²) in [6.07, 6.45) is 0. The van der Waals surface area contributed by atoms with Crippen molar-refractivity contribution >= 4 is 50.2 Å². The smallest absolute Gasteiger partial charge is 0.0511 e. The van der Waals surface area contributed by atoms with Crippen LogP contribution in [0.3, 0.4) is 0 Å². The van der Waals surface area contributed by atoms with Gasteiger partial charge in [0, 0.05) is 27.9 Å². The van der Waals surface area contributed by atoms with Gasteiger partial charge in [-0.3, -0.25) is 0 Å². The molecule has 0 unspecified atom stereocenters. The van der Waals surface area contributed by atoms with Crippen molar-refractivity contribution in [3.05, 3.63) is 137 Å². The van der Waals surface area contributed by atoms with E-state index < -0.39 is 0 Å². The Morgan fingerprint density at radius 3 is 2.11 bits per heavy atom. The van der Waals surface area contributed by atoms with Crippen molar-refractivity contribution in [3.63, 3.8) is 0 Å². The van der Waals surface area contributed by atoms with E-state index in [1.165, 1.54) is 33.0 Å². The van der Waals surface area contributed by atoms with Crippen LogP contribution in [0, 0.1) is 0 Å². The lowest BCUT2D eigenvalue weighted by atomic mass is 9.82. The highest BCUT2D eigenvalue weighted by atomic mass is 35.5. The van der Waals surface area contributed by atoms with Gasteiger partial charge in [-0.15, -0.1) is 0 Å². The molecule has 1 aliphatic carbocycles. The molecule has 1 aliphatic rings. The third-order valence-electron chi connectivity index (χ3n) is 7.88. The summed E-state index contributed by atoms with van der Waals surface area (Å²) in [6, 6.07) is 43.4. The SMILES string of the molecule is CC1(C)c2ccccc2-c2ccc(N(c3ccccc3)c3cc(Cl)c4c(ccc5ccccc54)c3)cc21. The topological polar surface area (TPSA) is 3.24 Å².